The van der Waals surface area contributed by atoms with Crippen LogP contribution in [0.25, 0.3) is 0 Å². The average Bonchev–Trinajstić information content (AvgIpc) is 2.96. The molecular formula is C20H21N3O2. The van der Waals surface area contributed by atoms with Gasteiger partial charge >= 0.3 is 0 Å². The molecule has 0 radical (unpaired) electrons. The Morgan fingerprint density at radius 3 is 2.24 bits per heavy atom. The number of amides is 1. The van der Waals surface area contributed by atoms with Crippen LogP contribution in [-0.4, -0.2) is 48.9 Å². The van der Waals surface area contributed by atoms with E-state index in [1.807, 2.05) is 42.5 Å². The number of ketones is 1. The first kappa shape index (κ1) is 15.8. The summed E-state index contributed by atoms with van der Waals surface area (Å²) >= 11 is 0. The molecule has 0 aliphatic carbocycles. The lowest BCUT2D eigenvalue weighted by Crippen LogP contribution is -2.58. The summed E-state index contributed by atoms with van der Waals surface area (Å²) < 4.78 is 0. The third-order valence-electron chi connectivity index (χ3n) is 5.03. The monoisotopic (exact) mass is 335 g/mol. The smallest absolute Gasteiger partial charge is 0.225 e. The van der Waals surface area contributed by atoms with Gasteiger partial charge in [0.2, 0.25) is 11.7 Å². The Kier molecular flexibility index (Phi) is 4.01. The van der Waals surface area contributed by atoms with E-state index in [9.17, 15) is 9.59 Å². The number of anilines is 2. The Balaban J connectivity index is 1.55. The topological polar surface area (TPSA) is 43.9 Å². The highest BCUT2D eigenvalue weighted by molar-refractivity contribution is 6.17. The zero-order valence-electron chi connectivity index (χ0n) is 14.3. The van der Waals surface area contributed by atoms with Gasteiger partial charge in [0.05, 0.1) is 5.69 Å². The fourth-order valence-electron chi connectivity index (χ4n) is 3.81. The molecule has 2 aliphatic rings. The number of para-hydroxylation sites is 2. The van der Waals surface area contributed by atoms with E-state index < -0.39 is 6.17 Å². The Bertz CT molecular complexity index is 798. The molecule has 0 aromatic heterocycles. The maximum absolute atomic E-state index is 12.9. The summed E-state index contributed by atoms with van der Waals surface area (Å²) in [5, 5.41) is 0. The Labute approximate surface area is 147 Å². The lowest BCUT2D eigenvalue weighted by molar-refractivity contribution is -0.117. The van der Waals surface area contributed by atoms with Gasteiger partial charge < -0.3 is 4.90 Å². The quantitative estimate of drug-likeness (QED) is 0.845. The molecule has 0 bridgehead atoms. The van der Waals surface area contributed by atoms with Crippen LogP contribution in [0.3, 0.4) is 0 Å². The highest BCUT2D eigenvalue weighted by atomic mass is 16.2. The van der Waals surface area contributed by atoms with E-state index in [1.54, 1.807) is 4.90 Å². The number of carbonyl (C=O) groups is 2. The number of carbonyl (C=O) groups excluding carboxylic acids is 2. The van der Waals surface area contributed by atoms with E-state index in [0.717, 1.165) is 31.9 Å². The number of piperazine rings is 1. The standard InChI is InChI=1S/C20H21N3O2/c1-15(24)23-18-10-6-5-9-17(18)19(25)20(23)22-13-11-21(12-14-22)16-7-3-2-4-8-16/h2-10,20H,11-14H2,1H3/t20-/m1/s1. The van der Waals surface area contributed by atoms with E-state index in [1.165, 1.54) is 12.6 Å². The number of rotatable bonds is 2. The molecule has 1 saturated heterocycles. The van der Waals surface area contributed by atoms with Gasteiger partial charge in [-0.3, -0.25) is 19.4 Å². The molecule has 2 aromatic rings. The summed E-state index contributed by atoms with van der Waals surface area (Å²) in [5.74, 6) is -0.0623. The van der Waals surface area contributed by atoms with Crippen LogP contribution >= 0.6 is 0 Å². The number of nitrogens with zero attached hydrogens (tertiary/aromatic N) is 3. The molecule has 1 amide bonds. The van der Waals surface area contributed by atoms with Crippen LogP contribution in [0.4, 0.5) is 11.4 Å². The fraction of sp³-hybridized carbons (Fsp3) is 0.300. The number of fused-ring (bicyclic) bond motifs is 1. The van der Waals surface area contributed by atoms with Gasteiger partial charge in [0.15, 0.2) is 6.17 Å². The van der Waals surface area contributed by atoms with Crippen LogP contribution in [0.1, 0.15) is 17.3 Å². The van der Waals surface area contributed by atoms with Gasteiger partial charge in [-0.25, -0.2) is 0 Å². The normalized spacial score (nSPS) is 20.7. The van der Waals surface area contributed by atoms with Crippen LogP contribution in [0, 0.1) is 0 Å². The first-order chi connectivity index (χ1) is 12.2. The van der Waals surface area contributed by atoms with Crippen molar-refractivity contribution in [3.8, 4) is 0 Å². The largest absolute Gasteiger partial charge is 0.369 e. The van der Waals surface area contributed by atoms with Gasteiger partial charge in [-0.05, 0) is 24.3 Å². The van der Waals surface area contributed by atoms with Crippen LogP contribution in [0.2, 0.25) is 0 Å². The third kappa shape index (κ3) is 2.70. The van der Waals surface area contributed by atoms with Crippen molar-refractivity contribution >= 4 is 23.1 Å². The fourth-order valence-corrected chi connectivity index (χ4v) is 3.81. The SMILES string of the molecule is CC(=O)N1c2ccccc2C(=O)[C@@H]1N1CCN(c2ccccc2)CC1. The van der Waals surface area contributed by atoms with Crippen molar-refractivity contribution in [2.45, 2.75) is 13.1 Å². The van der Waals surface area contributed by atoms with Gasteiger partial charge in [0, 0.05) is 44.4 Å². The van der Waals surface area contributed by atoms with E-state index in [2.05, 4.69) is 21.9 Å². The van der Waals surface area contributed by atoms with Crippen molar-refractivity contribution in [2.24, 2.45) is 0 Å². The van der Waals surface area contributed by atoms with Crippen molar-refractivity contribution in [1.82, 2.24) is 4.90 Å². The molecule has 4 rings (SSSR count). The minimum atomic E-state index is -0.507. The lowest BCUT2D eigenvalue weighted by Gasteiger charge is -2.40. The molecular weight excluding hydrogens is 314 g/mol. The Morgan fingerprint density at radius 2 is 1.56 bits per heavy atom. The minimum absolute atomic E-state index is 0.0268. The van der Waals surface area contributed by atoms with Crippen molar-refractivity contribution < 1.29 is 9.59 Å². The molecule has 2 aromatic carbocycles. The highest BCUT2D eigenvalue weighted by Crippen LogP contribution is 2.34. The second-order valence-corrected chi connectivity index (χ2v) is 6.50. The predicted molar refractivity (Wildman–Crippen MR) is 97.9 cm³/mol. The van der Waals surface area contributed by atoms with Gasteiger partial charge in [0.1, 0.15) is 0 Å². The molecule has 2 aliphatic heterocycles. The van der Waals surface area contributed by atoms with E-state index in [4.69, 9.17) is 0 Å². The van der Waals surface area contributed by atoms with Crippen molar-refractivity contribution in [3.05, 3.63) is 60.2 Å². The highest BCUT2D eigenvalue weighted by Gasteiger charge is 2.43. The molecule has 1 atom stereocenters. The molecule has 5 heteroatoms. The summed E-state index contributed by atoms with van der Waals surface area (Å²) in [6, 6.07) is 17.7. The van der Waals surface area contributed by atoms with Crippen molar-refractivity contribution in [1.29, 1.82) is 0 Å². The summed E-state index contributed by atoms with van der Waals surface area (Å²) in [6.45, 7) is 4.72. The summed E-state index contributed by atoms with van der Waals surface area (Å²) in [7, 11) is 0. The molecule has 1 fully saturated rings. The molecule has 128 valence electrons. The van der Waals surface area contributed by atoms with Crippen LogP contribution in [0.5, 0.6) is 0 Å². The minimum Gasteiger partial charge on any atom is -0.369 e. The van der Waals surface area contributed by atoms with Gasteiger partial charge in [-0.2, -0.15) is 0 Å². The van der Waals surface area contributed by atoms with Crippen molar-refractivity contribution in [3.63, 3.8) is 0 Å². The maximum Gasteiger partial charge on any atom is 0.225 e. The molecule has 0 saturated carbocycles. The summed E-state index contributed by atoms with van der Waals surface area (Å²) in [4.78, 5) is 31.2. The summed E-state index contributed by atoms with van der Waals surface area (Å²) in [6.07, 6.45) is -0.507. The van der Waals surface area contributed by atoms with Gasteiger partial charge in [0.25, 0.3) is 0 Å². The van der Waals surface area contributed by atoms with Crippen LogP contribution < -0.4 is 9.80 Å². The van der Waals surface area contributed by atoms with Crippen LogP contribution in [-0.2, 0) is 4.79 Å². The van der Waals surface area contributed by atoms with Crippen molar-refractivity contribution in [2.75, 3.05) is 36.0 Å². The molecule has 0 spiro atoms. The summed E-state index contributed by atoms with van der Waals surface area (Å²) in [5.41, 5.74) is 2.58. The van der Waals surface area contributed by atoms with E-state index in [-0.39, 0.29) is 11.7 Å². The number of benzene rings is 2. The van der Waals surface area contributed by atoms with Gasteiger partial charge in [-0.1, -0.05) is 30.3 Å². The third-order valence-corrected chi connectivity index (χ3v) is 5.03. The van der Waals surface area contributed by atoms with Gasteiger partial charge in [-0.15, -0.1) is 0 Å². The molecule has 2 heterocycles. The Morgan fingerprint density at radius 1 is 0.920 bits per heavy atom. The van der Waals surface area contributed by atoms with E-state index >= 15 is 0 Å². The second-order valence-electron chi connectivity index (χ2n) is 6.50. The average molecular weight is 335 g/mol. The zero-order chi connectivity index (χ0) is 17.4. The lowest BCUT2D eigenvalue weighted by atomic mass is 10.1. The molecule has 0 unspecified atom stereocenters. The molecule has 25 heavy (non-hydrogen) atoms. The second kappa shape index (κ2) is 6.33. The Hall–Kier alpha value is -2.66. The van der Waals surface area contributed by atoms with Crippen LogP contribution in [0.15, 0.2) is 54.6 Å². The number of hydrogen-bond donors (Lipinski definition) is 0. The first-order valence-corrected chi connectivity index (χ1v) is 8.64. The maximum atomic E-state index is 12.9. The predicted octanol–water partition coefficient (Wildman–Crippen LogP) is 2.38. The molecule has 5 nitrogen and oxygen atoms in total. The molecule has 0 N–H and O–H groups in total. The first-order valence-electron chi connectivity index (χ1n) is 8.64. The zero-order valence-corrected chi connectivity index (χ0v) is 14.3. The number of Topliss-reactive ketones (excluding diaryl/α,β-unsaturated/α-hetero) is 1. The number of hydrogen-bond acceptors (Lipinski definition) is 4. The van der Waals surface area contributed by atoms with E-state index in [0.29, 0.717) is 5.56 Å².